The topological polar surface area (TPSA) is 32.3 Å². The van der Waals surface area contributed by atoms with Crippen molar-refractivity contribution in [3.8, 4) is 0 Å². The van der Waals surface area contributed by atoms with E-state index >= 15 is 0 Å². The fourth-order valence-electron chi connectivity index (χ4n) is 5.52. The molecule has 0 amide bonds. The van der Waals surface area contributed by atoms with E-state index in [-0.39, 0.29) is 0 Å². The summed E-state index contributed by atoms with van der Waals surface area (Å²) in [4.78, 5) is 14.4. The van der Waals surface area contributed by atoms with Gasteiger partial charge in [0.25, 0.3) is 0 Å². The molecule has 0 radical (unpaired) electrons. The summed E-state index contributed by atoms with van der Waals surface area (Å²) in [5, 5.41) is 3.31. The average Bonchev–Trinajstić information content (AvgIpc) is 2.32. The third-order valence-electron chi connectivity index (χ3n) is 5.80. The van der Waals surface area contributed by atoms with Crippen molar-refractivity contribution in [2.24, 2.45) is 23.2 Å². The number of carbonyl (C=O) groups is 1. The monoisotopic (exact) mass is 278 g/mol. The van der Waals surface area contributed by atoms with E-state index < -0.39 is 0 Å². The van der Waals surface area contributed by atoms with Crippen LogP contribution in [0.15, 0.2) is 0 Å². The Bertz CT molecular complexity index is 329. The average molecular weight is 278 g/mol. The standard InChI is InChI=1S/C17H30N2O/c1-19(2)4-3-18-12-16(20)11-17-8-13-5-14(9-17)7-15(6-13)10-17/h13-15,18H,3-12H2,1-2H3. The molecule has 114 valence electrons. The van der Waals surface area contributed by atoms with Gasteiger partial charge in [0.2, 0.25) is 0 Å². The molecular weight excluding hydrogens is 248 g/mol. The zero-order valence-electron chi connectivity index (χ0n) is 13.2. The fourth-order valence-corrected chi connectivity index (χ4v) is 5.52. The predicted octanol–water partition coefficient (Wildman–Crippen LogP) is 2.31. The van der Waals surface area contributed by atoms with Gasteiger partial charge in [0.15, 0.2) is 0 Å². The number of hydrogen-bond donors (Lipinski definition) is 1. The van der Waals surface area contributed by atoms with Crippen molar-refractivity contribution in [2.45, 2.75) is 44.9 Å². The Morgan fingerprint density at radius 2 is 1.65 bits per heavy atom. The highest BCUT2D eigenvalue weighted by atomic mass is 16.1. The van der Waals surface area contributed by atoms with E-state index in [9.17, 15) is 4.79 Å². The van der Waals surface area contributed by atoms with Crippen molar-refractivity contribution in [1.82, 2.24) is 10.2 Å². The van der Waals surface area contributed by atoms with Gasteiger partial charge in [-0.25, -0.2) is 0 Å². The highest BCUT2D eigenvalue weighted by Gasteiger charge is 2.51. The Morgan fingerprint density at radius 1 is 1.10 bits per heavy atom. The molecule has 0 unspecified atom stereocenters. The minimum absolute atomic E-state index is 0.412. The van der Waals surface area contributed by atoms with Crippen LogP contribution in [0.2, 0.25) is 0 Å². The summed E-state index contributed by atoms with van der Waals surface area (Å²) >= 11 is 0. The van der Waals surface area contributed by atoms with Gasteiger partial charge in [0.1, 0.15) is 5.78 Å². The van der Waals surface area contributed by atoms with E-state index in [1.807, 2.05) is 0 Å². The number of hydrogen-bond acceptors (Lipinski definition) is 3. The number of likely N-dealkylation sites (N-methyl/N-ethyl adjacent to an activating group) is 1. The number of Topliss-reactive ketones (excluding diaryl/α,β-unsaturated/α-hetero) is 1. The molecule has 0 heterocycles. The predicted molar refractivity (Wildman–Crippen MR) is 81.7 cm³/mol. The molecule has 4 rings (SSSR count). The first kappa shape index (κ1) is 14.5. The first-order valence-corrected chi connectivity index (χ1v) is 8.42. The zero-order chi connectivity index (χ0) is 14.2. The smallest absolute Gasteiger partial charge is 0.147 e. The van der Waals surface area contributed by atoms with E-state index in [0.717, 1.165) is 37.3 Å². The lowest BCUT2D eigenvalue weighted by molar-refractivity contribution is -0.126. The lowest BCUT2D eigenvalue weighted by Crippen LogP contribution is -2.47. The lowest BCUT2D eigenvalue weighted by atomic mass is 9.48. The summed E-state index contributed by atoms with van der Waals surface area (Å²) < 4.78 is 0. The van der Waals surface area contributed by atoms with Crippen LogP contribution in [0.3, 0.4) is 0 Å². The second-order valence-electron chi connectivity index (χ2n) is 8.11. The Kier molecular flexibility index (Phi) is 4.19. The molecular formula is C17H30N2O. The molecule has 0 aromatic carbocycles. The minimum Gasteiger partial charge on any atom is -0.309 e. The molecule has 4 aliphatic carbocycles. The highest BCUT2D eigenvalue weighted by Crippen LogP contribution is 2.61. The summed E-state index contributed by atoms with van der Waals surface area (Å²) in [5.41, 5.74) is 0.412. The van der Waals surface area contributed by atoms with Gasteiger partial charge in [0.05, 0.1) is 6.54 Å². The van der Waals surface area contributed by atoms with Crippen LogP contribution in [0.25, 0.3) is 0 Å². The molecule has 4 saturated carbocycles. The van der Waals surface area contributed by atoms with Crippen LogP contribution in [0.1, 0.15) is 44.9 Å². The Hall–Kier alpha value is -0.410. The molecule has 0 aromatic rings. The normalized spacial score (nSPS) is 38.6. The van der Waals surface area contributed by atoms with Gasteiger partial charge in [0, 0.05) is 19.5 Å². The van der Waals surface area contributed by atoms with Crippen LogP contribution in [-0.4, -0.2) is 44.4 Å². The van der Waals surface area contributed by atoms with Crippen LogP contribution in [0.4, 0.5) is 0 Å². The first-order chi connectivity index (χ1) is 9.55. The van der Waals surface area contributed by atoms with Crippen molar-refractivity contribution in [3.63, 3.8) is 0 Å². The minimum atomic E-state index is 0.412. The van der Waals surface area contributed by atoms with Crippen molar-refractivity contribution >= 4 is 5.78 Å². The van der Waals surface area contributed by atoms with Gasteiger partial charge in [-0.15, -0.1) is 0 Å². The van der Waals surface area contributed by atoms with Crippen LogP contribution in [0, 0.1) is 23.2 Å². The largest absolute Gasteiger partial charge is 0.309 e. The third-order valence-corrected chi connectivity index (χ3v) is 5.80. The SMILES string of the molecule is CN(C)CCNCC(=O)CC12CC3CC(CC(C3)C1)C2. The van der Waals surface area contributed by atoms with Gasteiger partial charge in [-0.1, -0.05) is 0 Å². The third kappa shape index (κ3) is 3.25. The number of nitrogens with zero attached hydrogens (tertiary/aromatic N) is 1. The molecule has 0 aliphatic heterocycles. The van der Waals surface area contributed by atoms with Crippen LogP contribution in [0.5, 0.6) is 0 Å². The summed E-state index contributed by atoms with van der Waals surface area (Å²) in [6.07, 6.45) is 9.30. The molecule has 0 saturated heterocycles. The molecule has 0 aromatic heterocycles. The summed E-state index contributed by atoms with van der Waals surface area (Å²) in [6.45, 7) is 2.50. The maximum Gasteiger partial charge on any atom is 0.147 e. The van der Waals surface area contributed by atoms with Crippen molar-refractivity contribution < 1.29 is 4.79 Å². The first-order valence-electron chi connectivity index (χ1n) is 8.42. The van der Waals surface area contributed by atoms with Gasteiger partial charge in [-0.2, -0.15) is 0 Å². The maximum absolute atomic E-state index is 12.3. The summed E-state index contributed by atoms with van der Waals surface area (Å²) in [7, 11) is 4.14. The van der Waals surface area contributed by atoms with Crippen molar-refractivity contribution in [2.75, 3.05) is 33.7 Å². The quantitative estimate of drug-likeness (QED) is 0.725. The van der Waals surface area contributed by atoms with Gasteiger partial charge in [-0.3, -0.25) is 4.79 Å². The van der Waals surface area contributed by atoms with Gasteiger partial charge < -0.3 is 10.2 Å². The molecule has 4 aliphatic rings. The van der Waals surface area contributed by atoms with Gasteiger partial charge in [-0.05, 0) is 75.8 Å². The molecule has 3 heteroatoms. The maximum atomic E-state index is 12.3. The molecule has 4 fully saturated rings. The Morgan fingerprint density at radius 3 is 2.15 bits per heavy atom. The molecule has 0 spiro atoms. The molecule has 3 nitrogen and oxygen atoms in total. The number of ketones is 1. The highest BCUT2D eigenvalue weighted by molar-refractivity contribution is 5.81. The van der Waals surface area contributed by atoms with Crippen LogP contribution < -0.4 is 5.32 Å². The molecule has 1 N–H and O–H groups in total. The number of rotatable bonds is 7. The Balaban J connectivity index is 1.46. The molecule has 20 heavy (non-hydrogen) atoms. The second-order valence-corrected chi connectivity index (χ2v) is 8.11. The number of nitrogens with one attached hydrogen (secondary N) is 1. The number of carbonyl (C=O) groups excluding carboxylic acids is 1. The lowest BCUT2D eigenvalue weighted by Gasteiger charge is -2.56. The summed E-state index contributed by atoms with van der Waals surface area (Å²) in [5.74, 6) is 3.31. The van der Waals surface area contributed by atoms with E-state index in [2.05, 4.69) is 24.3 Å². The zero-order valence-corrected chi connectivity index (χ0v) is 13.2. The van der Waals surface area contributed by atoms with E-state index in [0.29, 0.717) is 17.7 Å². The Labute approximate surface area is 123 Å². The van der Waals surface area contributed by atoms with Crippen LogP contribution >= 0.6 is 0 Å². The summed E-state index contributed by atoms with van der Waals surface area (Å²) in [6, 6.07) is 0. The van der Waals surface area contributed by atoms with Crippen LogP contribution in [-0.2, 0) is 4.79 Å². The molecule has 4 bridgehead atoms. The van der Waals surface area contributed by atoms with E-state index in [4.69, 9.17) is 0 Å². The van der Waals surface area contributed by atoms with E-state index in [1.54, 1.807) is 0 Å². The fraction of sp³-hybridized carbons (Fsp3) is 0.941. The van der Waals surface area contributed by atoms with Gasteiger partial charge >= 0.3 is 0 Å². The van der Waals surface area contributed by atoms with Crippen molar-refractivity contribution in [3.05, 3.63) is 0 Å². The van der Waals surface area contributed by atoms with E-state index in [1.165, 1.54) is 38.5 Å². The van der Waals surface area contributed by atoms with Crippen molar-refractivity contribution in [1.29, 1.82) is 0 Å². The molecule has 0 atom stereocenters. The second kappa shape index (κ2) is 5.76.